The van der Waals surface area contributed by atoms with E-state index in [2.05, 4.69) is 12.1 Å². The predicted molar refractivity (Wildman–Crippen MR) is 92.4 cm³/mol. The fraction of sp³-hybridized carbons (Fsp3) is 0.700. The van der Waals surface area contributed by atoms with Gasteiger partial charge in [-0.25, -0.2) is 0 Å². The molecule has 1 saturated carbocycles. The molecule has 0 bridgehead atoms. The van der Waals surface area contributed by atoms with Crippen LogP contribution in [-0.2, 0) is 11.3 Å². The first-order valence-electron chi connectivity index (χ1n) is 9.13. The van der Waals surface area contributed by atoms with Gasteiger partial charge in [0.2, 0.25) is 0 Å². The number of methoxy groups -OCH3 is 1. The summed E-state index contributed by atoms with van der Waals surface area (Å²) in [5, 5.41) is 0. The van der Waals surface area contributed by atoms with E-state index in [1.165, 1.54) is 76.2 Å². The second kappa shape index (κ2) is 10.7. The highest BCUT2D eigenvalue weighted by molar-refractivity contribution is 5.26. The van der Waals surface area contributed by atoms with E-state index in [1.807, 2.05) is 12.1 Å². The summed E-state index contributed by atoms with van der Waals surface area (Å²) in [6.07, 6.45) is 15.4. The molecule has 2 heteroatoms. The van der Waals surface area contributed by atoms with Crippen molar-refractivity contribution in [2.45, 2.75) is 83.3 Å². The Balaban J connectivity index is 1.76. The van der Waals surface area contributed by atoms with Crippen LogP contribution in [-0.4, -0.2) is 13.2 Å². The lowest BCUT2D eigenvalue weighted by Gasteiger charge is -2.19. The molecular weight excluding hydrogens is 272 g/mol. The predicted octanol–water partition coefficient (Wildman–Crippen LogP) is 5.89. The van der Waals surface area contributed by atoms with Gasteiger partial charge in [0.05, 0.1) is 19.8 Å². The summed E-state index contributed by atoms with van der Waals surface area (Å²) in [5.41, 5.74) is 1.24. The highest BCUT2D eigenvalue weighted by atomic mass is 16.5. The smallest absolute Gasteiger partial charge is 0.118 e. The van der Waals surface area contributed by atoms with E-state index in [1.54, 1.807) is 7.11 Å². The highest BCUT2D eigenvalue weighted by Crippen LogP contribution is 2.20. The van der Waals surface area contributed by atoms with Crippen LogP contribution < -0.4 is 4.74 Å². The van der Waals surface area contributed by atoms with Crippen LogP contribution in [0, 0.1) is 0 Å². The van der Waals surface area contributed by atoms with E-state index in [0.717, 1.165) is 12.4 Å². The molecule has 1 aliphatic carbocycles. The second-order valence-electron chi connectivity index (χ2n) is 6.54. The topological polar surface area (TPSA) is 18.5 Å². The number of hydrogen-bond acceptors (Lipinski definition) is 2. The van der Waals surface area contributed by atoms with Gasteiger partial charge in [0, 0.05) is 0 Å². The van der Waals surface area contributed by atoms with Crippen LogP contribution in [0.2, 0.25) is 0 Å². The number of benzene rings is 1. The van der Waals surface area contributed by atoms with Gasteiger partial charge < -0.3 is 9.47 Å². The van der Waals surface area contributed by atoms with E-state index in [-0.39, 0.29) is 0 Å². The van der Waals surface area contributed by atoms with Gasteiger partial charge in [-0.3, -0.25) is 0 Å². The van der Waals surface area contributed by atoms with Crippen molar-refractivity contribution in [2.24, 2.45) is 0 Å². The number of rotatable bonds is 4. The first-order chi connectivity index (χ1) is 10.9. The minimum atomic E-state index is 0.446. The Morgan fingerprint density at radius 1 is 0.773 bits per heavy atom. The van der Waals surface area contributed by atoms with Crippen LogP contribution in [0.5, 0.6) is 5.75 Å². The molecule has 1 aromatic rings. The van der Waals surface area contributed by atoms with Gasteiger partial charge in [0.1, 0.15) is 5.75 Å². The van der Waals surface area contributed by atoms with Crippen molar-refractivity contribution < 1.29 is 9.47 Å². The molecule has 0 saturated heterocycles. The number of ether oxygens (including phenoxy) is 2. The molecule has 0 atom stereocenters. The van der Waals surface area contributed by atoms with Gasteiger partial charge in [-0.05, 0) is 30.5 Å². The first-order valence-corrected chi connectivity index (χ1v) is 9.13. The van der Waals surface area contributed by atoms with Crippen molar-refractivity contribution in [1.29, 1.82) is 0 Å². The summed E-state index contributed by atoms with van der Waals surface area (Å²) in [6, 6.07) is 8.24. The van der Waals surface area contributed by atoms with Crippen molar-refractivity contribution in [3.63, 3.8) is 0 Å². The van der Waals surface area contributed by atoms with Crippen molar-refractivity contribution in [3.8, 4) is 5.75 Å². The molecule has 0 spiro atoms. The maximum atomic E-state index is 6.21. The molecule has 1 aromatic carbocycles. The second-order valence-corrected chi connectivity index (χ2v) is 6.54. The Morgan fingerprint density at radius 3 is 1.77 bits per heavy atom. The first kappa shape index (κ1) is 17.3. The molecule has 0 amide bonds. The average molecular weight is 304 g/mol. The molecule has 22 heavy (non-hydrogen) atoms. The molecule has 2 nitrogen and oxygen atoms in total. The van der Waals surface area contributed by atoms with Crippen molar-refractivity contribution in [3.05, 3.63) is 29.8 Å². The van der Waals surface area contributed by atoms with Crippen LogP contribution in [0.15, 0.2) is 24.3 Å². The molecular formula is C20H32O2. The third-order valence-corrected chi connectivity index (χ3v) is 4.70. The van der Waals surface area contributed by atoms with E-state index < -0.39 is 0 Å². The minimum absolute atomic E-state index is 0.446. The van der Waals surface area contributed by atoms with Gasteiger partial charge in [-0.15, -0.1) is 0 Å². The van der Waals surface area contributed by atoms with Crippen molar-refractivity contribution in [2.75, 3.05) is 7.11 Å². The van der Waals surface area contributed by atoms with E-state index in [4.69, 9.17) is 9.47 Å². The normalized spacial score (nSPS) is 19.1. The summed E-state index contributed by atoms with van der Waals surface area (Å²) in [6.45, 7) is 0.731. The summed E-state index contributed by atoms with van der Waals surface area (Å²) in [7, 11) is 1.70. The fourth-order valence-corrected chi connectivity index (χ4v) is 3.23. The van der Waals surface area contributed by atoms with Crippen molar-refractivity contribution in [1.82, 2.24) is 0 Å². The third kappa shape index (κ3) is 6.83. The average Bonchev–Trinajstić information content (AvgIpc) is 2.55. The molecule has 124 valence electrons. The van der Waals surface area contributed by atoms with E-state index in [9.17, 15) is 0 Å². The Hall–Kier alpha value is -1.02. The Labute approximate surface area is 136 Å². The molecule has 1 fully saturated rings. The highest BCUT2D eigenvalue weighted by Gasteiger charge is 2.10. The lowest BCUT2D eigenvalue weighted by atomic mass is 9.99. The standard InChI is InChI=1S/C20H32O2/c1-21-19-15-13-18(14-16-19)17-22-20-11-9-7-5-3-2-4-6-8-10-12-20/h13-16,20H,2-12,17H2,1H3. The van der Waals surface area contributed by atoms with E-state index in [0.29, 0.717) is 6.10 Å². The zero-order chi connectivity index (χ0) is 15.5. The summed E-state index contributed by atoms with van der Waals surface area (Å²) < 4.78 is 11.4. The summed E-state index contributed by atoms with van der Waals surface area (Å²) >= 11 is 0. The Morgan fingerprint density at radius 2 is 1.27 bits per heavy atom. The van der Waals surface area contributed by atoms with Crippen molar-refractivity contribution >= 4 is 0 Å². The zero-order valence-electron chi connectivity index (χ0n) is 14.2. The lowest BCUT2D eigenvalue weighted by molar-refractivity contribution is 0.0259. The van der Waals surface area contributed by atoms with E-state index >= 15 is 0 Å². The lowest BCUT2D eigenvalue weighted by Crippen LogP contribution is -2.13. The van der Waals surface area contributed by atoms with Crippen LogP contribution in [0.25, 0.3) is 0 Å². The van der Waals surface area contributed by atoms with Gasteiger partial charge in [-0.2, -0.15) is 0 Å². The van der Waals surface area contributed by atoms with Crippen LogP contribution in [0.4, 0.5) is 0 Å². The molecule has 0 N–H and O–H groups in total. The molecule has 0 aromatic heterocycles. The van der Waals surface area contributed by atoms with Crippen LogP contribution in [0.1, 0.15) is 76.2 Å². The fourth-order valence-electron chi connectivity index (χ4n) is 3.23. The maximum absolute atomic E-state index is 6.21. The molecule has 2 rings (SSSR count). The van der Waals surface area contributed by atoms with Gasteiger partial charge in [0.15, 0.2) is 0 Å². The summed E-state index contributed by atoms with van der Waals surface area (Å²) in [4.78, 5) is 0. The van der Waals surface area contributed by atoms with Gasteiger partial charge in [0.25, 0.3) is 0 Å². The quantitative estimate of drug-likeness (QED) is 0.691. The molecule has 0 heterocycles. The Kier molecular flexibility index (Phi) is 8.40. The minimum Gasteiger partial charge on any atom is -0.497 e. The third-order valence-electron chi connectivity index (χ3n) is 4.70. The maximum Gasteiger partial charge on any atom is 0.118 e. The van der Waals surface area contributed by atoms with Crippen LogP contribution in [0.3, 0.4) is 0 Å². The molecule has 0 radical (unpaired) electrons. The molecule has 0 aliphatic heterocycles. The zero-order valence-corrected chi connectivity index (χ0v) is 14.2. The largest absolute Gasteiger partial charge is 0.497 e. The monoisotopic (exact) mass is 304 g/mol. The van der Waals surface area contributed by atoms with Crippen LogP contribution >= 0.6 is 0 Å². The summed E-state index contributed by atoms with van der Waals surface area (Å²) in [5.74, 6) is 0.912. The van der Waals surface area contributed by atoms with Gasteiger partial charge in [-0.1, -0.05) is 69.9 Å². The molecule has 0 unspecified atom stereocenters. The SMILES string of the molecule is COc1ccc(COC2CCCCCCCCCCC2)cc1. The Bertz CT molecular complexity index is 373. The number of hydrogen-bond donors (Lipinski definition) is 0. The molecule has 1 aliphatic rings. The van der Waals surface area contributed by atoms with Gasteiger partial charge >= 0.3 is 0 Å².